The first kappa shape index (κ1) is 14.9. The summed E-state index contributed by atoms with van der Waals surface area (Å²) in [7, 11) is 0. The lowest BCUT2D eigenvalue weighted by Gasteiger charge is -2.37. The van der Waals surface area contributed by atoms with Gasteiger partial charge in [0.15, 0.2) is 0 Å². The summed E-state index contributed by atoms with van der Waals surface area (Å²) >= 11 is 0. The van der Waals surface area contributed by atoms with Gasteiger partial charge >= 0.3 is 0 Å². The van der Waals surface area contributed by atoms with Crippen LogP contribution in [0.15, 0.2) is 48.5 Å². The van der Waals surface area contributed by atoms with Crippen molar-refractivity contribution in [3.63, 3.8) is 0 Å². The number of piperazine rings is 1. The molecule has 3 rings (SSSR count). The average Bonchev–Trinajstić information content (AvgIpc) is 2.62. The molecule has 1 aliphatic rings. The van der Waals surface area contributed by atoms with Crippen LogP contribution in [0.1, 0.15) is 5.56 Å². The molecule has 0 saturated carbocycles. The molecule has 0 amide bonds. The van der Waals surface area contributed by atoms with Gasteiger partial charge in [-0.05, 0) is 24.3 Å². The smallest absolute Gasteiger partial charge is 0.292 e. The second kappa shape index (κ2) is 6.36. The fourth-order valence-electron chi connectivity index (χ4n) is 2.85. The van der Waals surface area contributed by atoms with Gasteiger partial charge in [0.1, 0.15) is 5.69 Å². The van der Waals surface area contributed by atoms with Gasteiger partial charge in [-0.15, -0.1) is 0 Å². The fourth-order valence-corrected chi connectivity index (χ4v) is 2.85. The maximum Gasteiger partial charge on any atom is 0.292 e. The predicted octanol–water partition coefficient (Wildman–Crippen LogP) is 2.79. The molecule has 6 nitrogen and oxygen atoms in total. The maximum absolute atomic E-state index is 11.2. The van der Waals surface area contributed by atoms with Crippen molar-refractivity contribution in [1.82, 2.24) is 0 Å². The SMILES string of the molecule is N#Cc1ccc([N+](=O)[O-])c(N2CCN(c3ccccc3)CC2)c1. The lowest BCUT2D eigenvalue weighted by Crippen LogP contribution is -2.46. The molecule has 1 saturated heterocycles. The molecule has 2 aromatic carbocycles. The van der Waals surface area contributed by atoms with Crippen molar-refractivity contribution in [2.45, 2.75) is 0 Å². The standard InChI is InChI=1S/C17H16N4O2/c18-13-14-6-7-16(21(22)23)17(12-14)20-10-8-19(9-11-20)15-4-2-1-3-5-15/h1-7,12H,8-11H2. The number of nitro groups is 1. The van der Waals surface area contributed by atoms with Gasteiger partial charge < -0.3 is 9.80 Å². The molecule has 0 spiro atoms. The minimum atomic E-state index is -0.389. The van der Waals surface area contributed by atoms with Crippen LogP contribution in [0.2, 0.25) is 0 Å². The maximum atomic E-state index is 11.2. The summed E-state index contributed by atoms with van der Waals surface area (Å²) in [6.07, 6.45) is 0. The van der Waals surface area contributed by atoms with Crippen LogP contribution in [0.25, 0.3) is 0 Å². The predicted molar refractivity (Wildman–Crippen MR) is 88.7 cm³/mol. The summed E-state index contributed by atoms with van der Waals surface area (Å²) in [5.74, 6) is 0. The third-order valence-electron chi connectivity index (χ3n) is 4.04. The van der Waals surface area contributed by atoms with Gasteiger partial charge in [-0.1, -0.05) is 18.2 Å². The third-order valence-corrected chi connectivity index (χ3v) is 4.04. The molecular formula is C17H16N4O2. The van der Waals surface area contributed by atoms with Crippen LogP contribution in [0.4, 0.5) is 17.1 Å². The van der Waals surface area contributed by atoms with Gasteiger partial charge in [0.2, 0.25) is 0 Å². The Labute approximate surface area is 134 Å². The van der Waals surface area contributed by atoms with Gasteiger partial charge in [-0.3, -0.25) is 10.1 Å². The second-order valence-electron chi connectivity index (χ2n) is 5.38. The lowest BCUT2D eigenvalue weighted by molar-refractivity contribution is -0.384. The van der Waals surface area contributed by atoms with E-state index in [4.69, 9.17) is 5.26 Å². The van der Waals surface area contributed by atoms with E-state index < -0.39 is 0 Å². The van der Waals surface area contributed by atoms with Crippen molar-refractivity contribution in [3.05, 3.63) is 64.2 Å². The summed E-state index contributed by atoms with van der Waals surface area (Å²) in [6, 6.07) is 16.7. The van der Waals surface area contributed by atoms with E-state index in [1.807, 2.05) is 29.2 Å². The largest absolute Gasteiger partial charge is 0.368 e. The number of hydrogen-bond acceptors (Lipinski definition) is 5. The molecule has 0 aliphatic carbocycles. The highest BCUT2D eigenvalue weighted by Crippen LogP contribution is 2.30. The minimum Gasteiger partial charge on any atom is -0.368 e. The normalized spacial score (nSPS) is 14.4. The molecule has 0 unspecified atom stereocenters. The fraction of sp³-hybridized carbons (Fsp3) is 0.235. The molecule has 23 heavy (non-hydrogen) atoms. The highest BCUT2D eigenvalue weighted by Gasteiger charge is 2.24. The number of hydrogen-bond donors (Lipinski definition) is 0. The van der Waals surface area contributed by atoms with E-state index in [1.54, 1.807) is 6.07 Å². The summed E-state index contributed by atoms with van der Waals surface area (Å²) in [6.45, 7) is 2.95. The zero-order valence-corrected chi connectivity index (χ0v) is 12.6. The van der Waals surface area contributed by atoms with Crippen molar-refractivity contribution in [1.29, 1.82) is 5.26 Å². The molecule has 1 aliphatic heterocycles. The zero-order chi connectivity index (χ0) is 16.2. The van der Waals surface area contributed by atoms with Crippen LogP contribution in [0.3, 0.4) is 0 Å². The van der Waals surface area contributed by atoms with Crippen LogP contribution in [0, 0.1) is 21.4 Å². The van der Waals surface area contributed by atoms with Gasteiger partial charge in [0.25, 0.3) is 5.69 Å². The van der Waals surface area contributed by atoms with Gasteiger partial charge in [-0.25, -0.2) is 0 Å². The molecule has 6 heteroatoms. The zero-order valence-electron chi connectivity index (χ0n) is 12.6. The van der Waals surface area contributed by atoms with E-state index in [0.717, 1.165) is 18.8 Å². The van der Waals surface area contributed by atoms with Crippen molar-refractivity contribution in [2.75, 3.05) is 36.0 Å². The van der Waals surface area contributed by atoms with Crippen LogP contribution in [-0.2, 0) is 0 Å². The van der Waals surface area contributed by atoms with Crippen molar-refractivity contribution >= 4 is 17.1 Å². The molecular weight excluding hydrogens is 292 g/mol. The van der Waals surface area contributed by atoms with Gasteiger partial charge in [0.05, 0.1) is 16.6 Å². The first-order chi connectivity index (χ1) is 11.2. The Kier molecular flexibility index (Phi) is 4.11. The van der Waals surface area contributed by atoms with E-state index in [1.165, 1.54) is 12.1 Å². The number of rotatable bonds is 3. The average molecular weight is 308 g/mol. The van der Waals surface area contributed by atoms with Crippen molar-refractivity contribution in [2.24, 2.45) is 0 Å². The number of nitriles is 1. The van der Waals surface area contributed by atoms with Crippen LogP contribution in [-0.4, -0.2) is 31.1 Å². The highest BCUT2D eigenvalue weighted by atomic mass is 16.6. The van der Waals surface area contributed by atoms with Crippen LogP contribution >= 0.6 is 0 Å². The monoisotopic (exact) mass is 308 g/mol. The summed E-state index contributed by atoms with van der Waals surface area (Å²) in [5.41, 5.74) is 2.18. The molecule has 0 aromatic heterocycles. The first-order valence-corrected chi connectivity index (χ1v) is 7.42. The number of nitro benzene ring substituents is 1. The molecule has 116 valence electrons. The topological polar surface area (TPSA) is 73.4 Å². The van der Waals surface area contributed by atoms with Crippen molar-refractivity contribution in [3.8, 4) is 6.07 Å². The Hall–Kier alpha value is -3.07. The minimum absolute atomic E-state index is 0.0529. The number of para-hydroxylation sites is 1. The summed E-state index contributed by atoms with van der Waals surface area (Å²) in [4.78, 5) is 15.1. The van der Waals surface area contributed by atoms with Gasteiger partial charge in [0, 0.05) is 37.9 Å². The Balaban J connectivity index is 1.80. The molecule has 2 aromatic rings. The molecule has 0 radical (unpaired) electrons. The van der Waals surface area contributed by atoms with E-state index in [-0.39, 0.29) is 10.6 Å². The van der Waals surface area contributed by atoms with E-state index in [9.17, 15) is 10.1 Å². The van der Waals surface area contributed by atoms with Crippen LogP contribution in [0.5, 0.6) is 0 Å². The molecule has 0 bridgehead atoms. The highest BCUT2D eigenvalue weighted by molar-refractivity contribution is 5.66. The Morgan fingerprint density at radius 1 is 1.00 bits per heavy atom. The Morgan fingerprint density at radius 2 is 1.65 bits per heavy atom. The van der Waals surface area contributed by atoms with Gasteiger partial charge in [-0.2, -0.15) is 5.26 Å². The number of benzene rings is 2. The van der Waals surface area contributed by atoms with E-state index in [0.29, 0.717) is 24.3 Å². The molecule has 0 atom stereocenters. The van der Waals surface area contributed by atoms with E-state index in [2.05, 4.69) is 17.0 Å². The Bertz CT molecular complexity index is 747. The number of anilines is 2. The Morgan fingerprint density at radius 3 is 2.26 bits per heavy atom. The van der Waals surface area contributed by atoms with E-state index >= 15 is 0 Å². The molecule has 1 heterocycles. The quantitative estimate of drug-likeness (QED) is 0.644. The lowest BCUT2D eigenvalue weighted by atomic mass is 10.1. The first-order valence-electron chi connectivity index (χ1n) is 7.42. The molecule has 0 N–H and O–H groups in total. The second-order valence-corrected chi connectivity index (χ2v) is 5.38. The van der Waals surface area contributed by atoms with Crippen LogP contribution < -0.4 is 9.80 Å². The third kappa shape index (κ3) is 3.09. The number of nitrogens with zero attached hydrogens (tertiary/aromatic N) is 4. The van der Waals surface area contributed by atoms with Crippen molar-refractivity contribution < 1.29 is 4.92 Å². The summed E-state index contributed by atoms with van der Waals surface area (Å²) in [5, 5.41) is 20.3. The molecule has 1 fully saturated rings. The summed E-state index contributed by atoms with van der Waals surface area (Å²) < 4.78 is 0.